The maximum absolute atomic E-state index is 11.9. The molecule has 98 valence electrons. The molecule has 1 amide bonds. The molecular weight excluding hydrogens is 214 g/mol. The van der Waals surface area contributed by atoms with Crippen molar-refractivity contribution in [1.29, 1.82) is 0 Å². The molecule has 2 rings (SSSR count). The van der Waals surface area contributed by atoms with Gasteiger partial charge in [0.25, 0.3) is 0 Å². The Hall–Kier alpha value is -0.610. The Morgan fingerprint density at radius 1 is 1.29 bits per heavy atom. The zero-order valence-corrected chi connectivity index (χ0v) is 11.3. The lowest BCUT2D eigenvalue weighted by Gasteiger charge is -2.32. The first-order chi connectivity index (χ1) is 8.13. The van der Waals surface area contributed by atoms with Crippen molar-refractivity contribution in [2.24, 2.45) is 0 Å². The van der Waals surface area contributed by atoms with Crippen LogP contribution in [0.3, 0.4) is 0 Å². The fourth-order valence-electron chi connectivity index (χ4n) is 3.44. The van der Waals surface area contributed by atoms with E-state index in [1.54, 1.807) is 0 Å². The highest BCUT2D eigenvalue weighted by molar-refractivity contribution is 5.78. The van der Waals surface area contributed by atoms with E-state index < -0.39 is 0 Å². The van der Waals surface area contributed by atoms with Gasteiger partial charge in [-0.05, 0) is 40.2 Å². The Balaban J connectivity index is 2.02. The first kappa shape index (κ1) is 12.8. The van der Waals surface area contributed by atoms with Gasteiger partial charge in [0.1, 0.15) is 0 Å². The van der Waals surface area contributed by atoms with Gasteiger partial charge >= 0.3 is 0 Å². The second-order valence-corrected chi connectivity index (χ2v) is 5.58. The number of nitrogens with zero attached hydrogens (tertiary/aromatic N) is 2. The van der Waals surface area contributed by atoms with E-state index in [0.29, 0.717) is 24.7 Å². The van der Waals surface area contributed by atoms with Crippen LogP contribution in [-0.4, -0.2) is 60.5 Å². The molecule has 4 nitrogen and oxygen atoms in total. The number of carbonyl (C=O) groups is 1. The van der Waals surface area contributed by atoms with E-state index >= 15 is 0 Å². The smallest absolute Gasteiger partial charge is 0.236 e. The number of amides is 1. The van der Waals surface area contributed by atoms with E-state index in [1.807, 2.05) is 7.05 Å². The van der Waals surface area contributed by atoms with Gasteiger partial charge in [0, 0.05) is 31.2 Å². The van der Waals surface area contributed by atoms with Crippen molar-refractivity contribution in [2.75, 3.05) is 26.7 Å². The molecular formula is C13H25N3O. The molecule has 2 fully saturated rings. The van der Waals surface area contributed by atoms with Crippen LogP contribution >= 0.6 is 0 Å². The lowest BCUT2D eigenvalue weighted by Crippen LogP contribution is -2.45. The number of likely N-dealkylation sites (N-methyl/N-ethyl adjacent to an activating group) is 1. The topological polar surface area (TPSA) is 35.6 Å². The third kappa shape index (κ3) is 2.63. The average Bonchev–Trinajstić information content (AvgIpc) is 2.53. The summed E-state index contributed by atoms with van der Waals surface area (Å²) in [5.41, 5.74) is 0. The third-order valence-electron chi connectivity index (χ3n) is 4.12. The van der Waals surface area contributed by atoms with E-state index in [9.17, 15) is 4.79 Å². The predicted molar refractivity (Wildman–Crippen MR) is 68.9 cm³/mol. The van der Waals surface area contributed by atoms with Crippen molar-refractivity contribution in [1.82, 2.24) is 15.1 Å². The van der Waals surface area contributed by atoms with Gasteiger partial charge in [-0.15, -0.1) is 0 Å². The zero-order chi connectivity index (χ0) is 12.4. The molecule has 0 aliphatic carbocycles. The highest BCUT2D eigenvalue weighted by Crippen LogP contribution is 2.31. The Labute approximate surface area is 104 Å². The molecule has 0 aromatic carbocycles. The van der Waals surface area contributed by atoms with Crippen LogP contribution in [0.4, 0.5) is 0 Å². The third-order valence-corrected chi connectivity index (χ3v) is 4.12. The fourth-order valence-corrected chi connectivity index (χ4v) is 3.44. The number of hydrogen-bond donors (Lipinski definition) is 1. The van der Waals surface area contributed by atoms with Crippen molar-refractivity contribution >= 4 is 5.91 Å². The van der Waals surface area contributed by atoms with E-state index in [4.69, 9.17) is 0 Å². The summed E-state index contributed by atoms with van der Waals surface area (Å²) in [6, 6.07) is 1.89. The molecule has 0 spiro atoms. The van der Waals surface area contributed by atoms with Crippen molar-refractivity contribution in [3.63, 3.8) is 0 Å². The van der Waals surface area contributed by atoms with Gasteiger partial charge < -0.3 is 10.2 Å². The lowest BCUT2D eigenvalue weighted by atomic mass is 10.1. The minimum atomic E-state index is 0.253. The molecule has 2 aliphatic heterocycles. The lowest BCUT2D eigenvalue weighted by molar-refractivity contribution is -0.130. The van der Waals surface area contributed by atoms with Gasteiger partial charge in [-0.25, -0.2) is 0 Å². The van der Waals surface area contributed by atoms with Crippen molar-refractivity contribution in [2.45, 2.75) is 51.2 Å². The summed E-state index contributed by atoms with van der Waals surface area (Å²) in [6.45, 7) is 6.88. The van der Waals surface area contributed by atoms with Crippen LogP contribution in [0.2, 0.25) is 0 Å². The maximum atomic E-state index is 11.9. The van der Waals surface area contributed by atoms with Crippen molar-refractivity contribution in [3.8, 4) is 0 Å². The molecule has 2 aliphatic rings. The predicted octanol–water partition coefficient (Wildman–Crippen LogP) is 0.680. The second kappa shape index (κ2) is 5.36. The van der Waals surface area contributed by atoms with Crippen molar-refractivity contribution in [3.05, 3.63) is 0 Å². The fraction of sp³-hybridized carbons (Fsp3) is 0.923. The van der Waals surface area contributed by atoms with Crippen LogP contribution in [0.1, 0.15) is 33.1 Å². The van der Waals surface area contributed by atoms with Gasteiger partial charge in [0.05, 0.1) is 6.54 Å². The first-order valence-electron chi connectivity index (χ1n) is 6.83. The molecule has 4 heteroatoms. The molecule has 1 N–H and O–H groups in total. The number of carbonyl (C=O) groups excluding carboxylic acids is 1. The Morgan fingerprint density at radius 2 is 2.00 bits per heavy atom. The molecule has 2 heterocycles. The van der Waals surface area contributed by atoms with Gasteiger partial charge in [-0.2, -0.15) is 0 Å². The van der Waals surface area contributed by atoms with Crippen molar-refractivity contribution < 1.29 is 4.79 Å². The summed E-state index contributed by atoms with van der Waals surface area (Å²) in [7, 11) is 1.84. The number of likely N-dealkylation sites (tertiary alicyclic amines) is 1. The van der Waals surface area contributed by atoms with Gasteiger partial charge in [-0.1, -0.05) is 0 Å². The standard InChI is InChI=1S/C13H25N3O/c1-10(2)16-11-4-5-12(16)9-15(7-6-11)13(17)8-14-3/h10-12,14H,4-9H2,1-3H3. The monoisotopic (exact) mass is 239 g/mol. The molecule has 0 aromatic rings. The van der Waals surface area contributed by atoms with Gasteiger partial charge in [0.15, 0.2) is 0 Å². The Bertz CT molecular complexity index is 280. The molecule has 0 aromatic heterocycles. The largest absolute Gasteiger partial charge is 0.340 e. The van der Waals surface area contributed by atoms with Crippen LogP contribution in [-0.2, 0) is 4.79 Å². The Kier molecular flexibility index (Phi) is 4.05. The highest BCUT2D eigenvalue weighted by atomic mass is 16.2. The molecule has 2 atom stereocenters. The Morgan fingerprint density at radius 3 is 2.65 bits per heavy atom. The molecule has 2 bridgehead atoms. The number of nitrogens with one attached hydrogen (secondary N) is 1. The van der Waals surface area contributed by atoms with E-state index in [1.165, 1.54) is 12.8 Å². The highest BCUT2D eigenvalue weighted by Gasteiger charge is 2.39. The molecule has 0 radical (unpaired) electrons. The van der Waals surface area contributed by atoms with Crippen LogP contribution in [0.25, 0.3) is 0 Å². The molecule has 0 saturated carbocycles. The summed E-state index contributed by atoms with van der Waals surface area (Å²) < 4.78 is 0. The molecule has 2 unspecified atom stereocenters. The number of fused-ring (bicyclic) bond motifs is 2. The summed E-state index contributed by atoms with van der Waals surface area (Å²) in [4.78, 5) is 16.6. The van der Waals surface area contributed by atoms with Gasteiger partial charge in [-0.3, -0.25) is 9.69 Å². The van der Waals surface area contributed by atoms with Crippen LogP contribution in [0.5, 0.6) is 0 Å². The van der Waals surface area contributed by atoms with E-state index in [-0.39, 0.29) is 5.91 Å². The van der Waals surface area contributed by atoms with E-state index in [2.05, 4.69) is 29.0 Å². The van der Waals surface area contributed by atoms with Gasteiger partial charge in [0.2, 0.25) is 5.91 Å². The van der Waals surface area contributed by atoms with Crippen LogP contribution in [0, 0.1) is 0 Å². The maximum Gasteiger partial charge on any atom is 0.236 e. The quantitative estimate of drug-likeness (QED) is 0.786. The normalized spacial score (nSPS) is 29.8. The minimum Gasteiger partial charge on any atom is -0.340 e. The summed E-state index contributed by atoms with van der Waals surface area (Å²) in [5.74, 6) is 0.253. The number of rotatable bonds is 3. The van der Waals surface area contributed by atoms with Crippen LogP contribution < -0.4 is 5.32 Å². The number of hydrogen-bond acceptors (Lipinski definition) is 3. The minimum absolute atomic E-state index is 0.253. The SMILES string of the molecule is CNCC(=O)N1CCC2CCC(C1)N2C(C)C. The average molecular weight is 239 g/mol. The van der Waals surface area contributed by atoms with Crippen LogP contribution in [0.15, 0.2) is 0 Å². The summed E-state index contributed by atoms with van der Waals surface area (Å²) >= 11 is 0. The second-order valence-electron chi connectivity index (χ2n) is 5.58. The summed E-state index contributed by atoms with van der Waals surface area (Å²) in [6.07, 6.45) is 3.72. The first-order valence-corrected chi connectivity index (χ1v) is 6.83. The van der Waals surface area contributed by atoms with E-state index in [0.717, 1.165) is 19.5 Å². The zero-order valence-electron chi connectivity index (χ0n) is 11.3. The summed E-state index contributed by atoms with van der Waals surface area (Å²) in [5, 5.41) is 2.96. The molecule has 17 heavy (non-hydrogen) atoms. The molecule has 2 saturated heterocycles.